The van der Waals surface area contributed by atoms with Gasteiger partial charge in [-0.15, -0.1) is 0 Å². The molecule has 9 amide bonds. The number of halogens is 1. The zero-order chi connectivity index (χ0) is 24.6. The lowest BCUT2D eigenvalue weighted by Gasteiger charge is -2.46. The molecule has 0 unspecified atom stereocenters. The summed E-state index contributed by atoms with van der Waals surface area (Å²) in [6, 6.07) is 2.67. The molecule has 13 heteroatoms. The fourth-order valence-corrected chi connectivity index (χ4v) is 5.01. The first-order valence-electron chi connectivity index (χ1n) is 9.67. The van der Waals surface area contributed by atoms with Crippen molar-refractivity contribution in [2.75, 3.05) is 33.5 Å². The highest BCUT2D eigenvalue weighted by Crippen LogP contribution is 2.52. The van der Waals surface area contributed by atoms with Gasteiger partial charge in [0.1, 0.15) is 17.3 Å². The maximum atomic E-state index is 13.7. The number of carbonyl (C=O) groups excluding carboxylic acids is 7. The number of hydrogen-bond acceptors (Lipinski definition) is 7. The molecule has 3 aliphatic rings. The van der Waals surface area contributed by atoms with Crippen LogP contribution in [0.1, 0.15) is 5.56 Å². The fraction of sp³-hybridized carbons (Fsp3) is 0.350. The predicted molar refractivity (Wildman–Crippen MR) is 113 cm³/mol. The topological polar surface area (TPSA) is 144 Å². The van der Waals surface area contributed by atoms with E-state index in [1.807, 2.05) is 0 Å². The fourth-order valence-electron chi connectivity index (χ4n) is 4.65. The molecule has 0 radical (unpaired) electrons. The molecule has 2 saturated heterocycles. The van der Waals surface area contributed by atoms with Crippen LogP contribution in [0.3, 0.4) is 0 Å². The zero-order valence-electron chi connectivity index (χ0n) is 17.9. The van der Waals surface area contributed by atoms with E-state index in [0.29, 0.717) is 24.1 Å². The Morgan fingerprint density at radius 2 is 1.12 bits per heavy atom. The van der Waals surface area contributed by atoms with Crippen molar-refractivity contribution in [3.05, 3.63) is 28.2 Å². The molecule has 33 heavy (non-hydrogen) atoms. The summed E-state index contributed by atoms with van der Waals surface area (Å²) in [4.78, 5) is 94.4. The summed E-state index contributed by atoms with van der Waals surface area (Å²) >= 11 is 3.28. The molecule has 1 N–H and O–H groups in total. The lowest BCUT2D eigenvalue weighted by atomic mass is 9.60. The second-order valence-electron chi connectivity index (χ2n) is 8.03. The van der Waals surface area contributed by atoms with Crippen molar-refractivity contribution in [2.24, 2.45) is 11.8 Å². The van der Waals surface area contributed by atoms with Crippen LogP contribution in [-0.2, 0) is 29.4 Å². The Morgan fingerprint density at radius 3 is 1.52 bits per heavy atom. The second kappa shape index (κ2) is 7.20. The molecule has 3 aliphatic heterocycles. The average molecular weight is 520 g/mol. The molecule has 0 aliphatic carbocycles. The monoisotopic (exact) mass is 519 g/mol. The standard InChI is InChI=1S/C20H18BrN5O7/c1-23-13(27)11(14(28)24(2)18(23)32)20(9-7-8(21)5-6-10(9)22-17(20)31)12-15(29)25(3)19(33)26(4)16(12)30/h5-7,11-12H,1-4H3,(H,22,31). The number of anilines is 1. The highest BCUT2D eigenvalue weighted by atomic mass is 79.9. The highest BCUT2D eigenvalue weighted by molar-refractivity contribution is 9.10. The summed E-state index contributed by atoms with van der Waals surface area (Å²) in [6.45, 7) is 0. The van der Waals surface area contributed by atoms with E-state index >= 15 is 0 Å². The van der Waals surface area contributed by atoms with Crippen molar-refractivity contribution in [3.8, 4) is 0 Å². The van der Waals surface area contributed by atoms with E-state index in [0.717, 1.165) is 28.2 Å². The summed E-state index contributed by atoms with van der Waals surface area (Å²) in [5.74, 6) is -8.98. The van der Waals surface area contributed by atoms with Crippen LogP contribution >= 0.6 is 15.9 Å². The van der Waals surface area contributed by atoms with Gasteiger partial charge in [-0.2, -0.15) is 0 Å². The molecule has 0 spiro atoms. The van der Waals surface area contributed by atoms with Crippen LogP contribution in [0, 0.1) is 11.8 Å². The van der Waals surface area contributed by atoms with Gasteiger partial charge in [0.05, 0.1) is 0 Å². The van der Waals surface area contributed by atoms with Gasteiger partial charge >= 0.3 is 12.1 Å². The molecule has 0 saturated carbocycles. The summed E-state index contributed by atoms with van der Waals surface area (Å²) < 4.78 is 0.448. The Balaban J connectivity index is 2.09. The number of nitrogens with one attached hydrogen (secondary N) is 1. The minimum Gasteiger partial charge on any atom is -0.325 e. The average Bonchev–Trinajstić information content (AvgIpc) is 3.05. The number of amides is 9. The number of imide groups is 4. The Labute approximate surface area is 195 Å². The lowest BCUT2D eigenvalue weighted by molar-refractivity contribution is -0.163. The number of barbiturate groups is 2. The van der Waals surface area contributed by atoms with Crippen LogP contribution in [0.2, 0.25) is 0 Å². The molecule has 0 bridgehead atoms. The molecule has 4 rings (SSSR count). The van der Waals surface area contributed by atoms with Gasteiger partial charge in [-0.3, -0.25) is 43.6 Å². The van der Waals surface area contributed by atoms with Crippen LogP contribution in [0.4, 0.5) is 15.3 Å². The number of hydrogen-bond donors (Lipinski definition) is 1. The third-order valence-corrected chi connectivity index (χ3v) is 6.91. The second-order valence-corrected chi connectivity index (χ2v) is 8.95. The number of benzene rings is 1. The van der Waals surface area contributed by atoms with Crippen LogP contribution in [-0.4, -0.2) is 89.4 Å². The van der Waals surface area contributed by atoms with Crippen LogP contribution in [0.15, 0.2) is 22.7 Å². The molecule has 172 valence electrons. The summed E-state index contributed by atoms with van der Waals surface area (Å²) in [7, 11) is 4.54. The van der Waals surface area contributed by atoms with Gasteiger partial charge in [-0.1, -0.05) is 15.9 Å². The van der Waals surface area contributed by atoms with Crippen LogP contribution in [0.25, 0.3) is 0 Å². The van der Waals surface area contributed by atoms with E-state index in [4.69, 9.17) is 0 Å². The lowest BCUT2D eigenvalue weighted by Crippen LogP contribution is -2.71. The normalized spacial score (nSPS) is 21.9. The first-order valence-corrected chi connectivity index (χ1v) is 10.5. The first-order chi connectivity index (χ1) is 15.4. The molecule has 0 atom stereocenters. The smallest absolute Gasteiger partial charge is 0.325 e. The number of urea groups is 2. The van der Waals surface area contributed by atoms with Crippen LogP contribution < -0.4 is 5.32 Å². The van der Waals surface area contributed by atoms with Crippen molar-refractivity contribution in [1.29, 1.82) is 0 Å². The van der Waals surface area contributed by atoms with Gasteiger partial charge in [0.25, 0.3) is 0 Å². The molecule has 3 heterocycles. The van der Waals surface area contributed by atoms with Crippen molar-refractivity contribution in [3.63, 3.8) is 0 Å². The van der Waals surface area contributed by atoms with E-state index < -0.39 is 58.8 Å². The van der Waals surface area contributed by atoms with Crippen molar-refractivity contribution < 1.29 is 33.6 Å². The quantitative estimate of drug-likeness (QED) is 0.540. The Kier molecular flexibility index (Phi) is 4.93. The van der Waals surface area contributed by atoms with Gasteiger partial charge in [0.15, 0.2) is 0 Å². The molecule has 2 fully saturated rings. The largest absolute Gasteiger partial charge is 0.332 e. The highest BCUT2D eigenvalue weighted by Gasteiger charge is 2.70. The molecule has 1 aromatic carbocycles. The van der Waals surface area contributed by atoms with E-state index in [2.05, 4.69) is 21.2 Å². The van der Waals surface area contributed by atoms with Gasteiger partial charge in [-0.25, -0.2) is 9.59 Å². The van der Waals surface area contributed by atoms with E-state index in [1.165, 1.54) is 12.1 Å². The van der Waals surface area contributed by atoms with Gasteiger partial charge < -0.3 is 5.32 Å². The Hall–Kier alpha value is -3.61. The minimum absolute atomic E-state index is 0.0487. The Bertz CT molecular complexity index is 1090. The summed E-state index contributed by atoms with van der Waals surface area (Å²) in [5, 5.41) is 2.56. The van der Waals surface area contributed by atoms with Crippen molar-refractivity contribution >= 4 is 63.2 Å². The number of carbonyl (C=O) groups is 7. The molecule has 0 aromatic heterocycles. The van der Waals surface area contributed by atoms with E-state index in [9.17, 15) is 33.6 Å². The third kappa shape index (κ3) is 2.71. The predicted octanol–water partition coefficient (Wildman–Crippen LogP) is -0.0278. The van der Waals surface area contributed by atoms with E-state index in [1.54, 1.807) is 6.07 Å². The van der Waals surface area contributed by atoms with Crippen molar-refractivity contribution in [1.82, 2.24) is 19.6 Å². The zero-order valence-corrected chi connectivity index (χ0v) is 19.5. The van der Waals surface area contributed by atoms with Gasteiger partial charge in [0.2, 0.25) is 29.5 Å². The number of fused-ring (bicyclic) bond motifs is 1. The summed E-state index contributed by atoms with van der Waals surface area (Å²) in [5.41, 5.74) is -2.12. The maximum absolute atomic E-state index is 13.7. The summed E-state index contributed by atoms with van der Waals surface area (Å²) in [6.07, 6.45) is 0. The first kappa shape index (κ1) is 22.6. The molecule has 12 nitrogen and oxygen atoms in total. The maximum Gasteiger partial charge on any atom is 0.332 e. The Morgan fingerprint density at radius 1 is 0.727 bits per heavy atom. The number of rotatable bonds is 2. The third-order valence-electron chi connectivity index (χ3n) is 6.42. The molecular formula is C20H18BrN5O7. The van der Waals surface area contributed by atoms with Gasteiger partial charge in [-0.05, 0) is 23.8 Å². The van der Waals surface area contributed by atoms with Crippen molar-refractivity contribution in [2.45, 2.75) is 5.41 Å². The van der Waals surface area contributed by atoms with Crippen LogP contribution in [0.5, 0.6) is 0 Å². The van der Waals surface area contributed by atoms with E-state index in [-0.39, 0.29) is 11.3 Å². The molecular weight excluding hydrogens is 502 g/mol. The SMILES string of the molecule is CN1C(=O)C(C2(C3C(=O)N(C)C(=O)N(C)C3=O)C(=O)Nc3ccc(Br)cc32)C(=O)N(C)C1=O. The molecule has 1 aromatic rings. The minimum atomic E-state index is -2.35. The van der Waals surface area contributed by atoms with Gasteiger partial charge in [0, 0.05) is 38.4 Å². The number of nitrogens with zero attached hydrogens (tertiary/aromatic N) is 4.